The van der Waals surface area contributed by atoms with Crippen molar-refractivity contribution >= 4 is 11.8 Å². The second-order valence-corrected chi connectivity index (χ2v) is 6.49. The van der Waals surface area contributed by atoms with E-state index in [1.54, 1.807) is 0 Å². The Morgan fingerprint density at radius 1 is 1.44 bits per heavy atom. The molecular formula is C12H23NO2S. The molecule has 4 atom stereocenters. The third kappa shape index (κ3) is 2.92. The van der Waals surface area contributed by atoms with Crippen LogP contribution < -0.4 is 0 Å². The van der Waals surface area contributed by atoms with E-state index in [1.165, 1.54) is 5.75 Å². The molecule has 2 aliphatic rings. The summed E-state index contributed by atoms with van der Waals surface area (Å²) < 4.78 is 5.46. The molecule has 2 heterocycles. The quantitative estimate of drug-likeness (QED) is 0.793. The van der Waals surface area contributed by atoms with Gasteiger partial charge in [0.15, 0.2) is 0 Å². The topological polar surface area (TPSA) is 32.7 Å². The van der Waals surface area contributed by atoms with Crippen molar-refractivity contribution in [2.24, 2.45) is 5.92 Å². The van der Waals surface area contributed by atoms with E-state index in [2.05, 4.69) is 30.5 Å². The van der Waals surface area contributed by atoms with Crippen LogP contribution in [0.1, 0.15) is 20.3 Å². The summed E-state index contributed by atoms with van der Waals surface area (Å²) in [6, 6.07) is 0.618. The lowest BCUT2D eigenvalue weighted by Crippen LogP contribution is -2.49. The number of hydrogen-bond donors (Lipinski definition) is 1. The van der Waals surface area contributed by atoms with Crippen LogP contribution in [0.2, 0.25) is 0 Å². The van der Waals surface area contributed by atoms with E-state index < -0.39 is 0 Å². The molecule has 0 bridgehead atoms. The van der Waals surface area contributed by atoms with Gasteiger partial charge >= 0.3 is 0 Å². The standard InChI is InChI=1S/C12H23NO2S/c1-9-10(2)16-6-4-13(9)7-11-8-15-5-3-12(11)14/h9-12,14H,3-8H2,1-2H3. The van der Waals surface area contributed by atoms with Crippen LogP contribution in [0.5, 0.6) is 0 Å². The van der Waals surface area contributed by atoms with Crippen LogP contribution in [0.3, 0.4) is 0 Å². The van der Waals surface area contributed by atoms with Gasteiger partial charge in [0.2, 0.25) is 0 Å². The number of rotatable bonds is 2. The second kappa shape index (κ2) is 5.71. The first kappa shape index (κ1) is 12.7. The molecule has 2 fully saturated rings. The Balaban J connectivity index is 1.87. The molecule has 2 rings (SSSR count). The largest absolute Gasteiger partial charge is 0.393 e. The van der Waals surface area contributed by atoms with Crippen molar-refractivity contribution in [1.29, 1.82) is 0 Å². The molecular weight excluding hydrogens is 222 g/mol. The zero-order chi connectivity index (χ0) is 11.5. The van der Waals surface area contributed by atoms with Crippen molar-refractivity contribution < 1.29 is 9.84 Å². The van der Waals surface area contributed by atoms with Gasteiger partial charge in [-0.05, 0) is 13.3 Å². The predicted octanol–water partition coefficient (Wildman–Crippen LogP) is 1.21. The average Bonchev–Trinajstić information content (AvgIpc) is 2.28. The van der Waals surface area contributed by atoms with Crippen LogP contribution in [-0.4, -0.2) is 59.5 Å². The van der Waals surface area contributed by atoms with Crippen molar-refractivity contribution in [2.45, 2.75) is 37.7 Å². The second-order valence-electron chi connectivity index (χ2n) is 5.00. The Hall–Kier alpha value is 0.230. The Bertz CT molecular complexity index is 227. The van der Waals surface area contributed by atoms with E-state index in [0.717, 1.165) is 32.7 Å². The van der Waals surface area contributed by atoms with Crippen molar-refractivity contribution in [3.63, 3.8) is 0 Å². The first-order valence-corrected chi connectivity index (χ1v) is 7.35. The van der Waals surface area contributed by atoms with Crippen LogP contribution in [0.4, 0.5) is 0 Å². The summed E-state index contributed by atoms with van der Waals surface area (Å²) in [7, 11) is 0. The van der Waals surface area contributed by atoms with Gasteiger partial charge in [-0.1, -0.05) is 6.92 Å². The highest BCUT2D eigenvalue weighted by atomic mass is 32.2. The molecule has 0 spiro atoms. The molecule has 0 aromatic rings. The summed E-state index contributed by atoms with van der Waals surface area (Å²) in [5.74, 6) is 1.53. The van der Waals surface area contributed by atoms with E-state index in [-0.39, 0.29) is 6.10 Å². The Morgan fingerprint density at radius 2 is 2.25 bits per heavy atom. The van der Waals surface area contributed by atoms with Gasteiger partial charge in [-0.2, -0.15) is 11.8 Å². The average molecular weight is 245 g/mol. The fourth-order valence-electron chi connectivity index (χ4n) is 2.51. The molecule has 4 heteroatoms. The van der Waals surface area contributed by atoms with E-state index in [9.17, 15) is 5.11 Å². The van der Waals surface area contributed by atoms with Crippen LogP contribution in [0, 0.1) is 5.92 Å². The molecule has 94 valence electrons. The first-order chi connectivity index (χ1) is 7.68. The summed E-state index contributed by atoms with van der Waals surface area (Å²) in [5.41, 5.74) is 0. The van der Waals surface area contributed by atoms with E-state index in [1.807, 2.05) is 0 Å². The highest BCUT2D eigenvalue weighted by molar-refractivity contribution is 8.00. The molecule has 2 aliphatic heterocycles. The van der Waals surface area contributed by atoms with Gasteiger partial charge in [0, 0.05) is 42.7 Å². The van der Waals surface area contributed by atoms with Gasteiger partial charge < -0.3 is 9.84 Å². The minimum Gasteiger partial charge on any atom is -0.393 e. The molecule has 16 heavy (non-hydrogen) atoms. The summed E-state index contributed by atoms with van der Waals surface area (Å²) in [6.07, 6.45) is 0.642. The van der Waals surface area contributed by atoms with Gasteiger partial charge in [0.05, 0.1) is 12.7 Å². The van der Waals surface area contributed by atoms with Crippen molar-refractivity contribution in [2.75, 3.05) is 32.1 Å². The number of aliphatic hydroxyl groups excluding tert-OH is 1. The fourth-order valence-corrected chi connectivity index (χ4v) is 3.68. The van der Waals surface area contributed by atoms with Gasteiger partial charge in [-0.25, -0.2) is 0 Å². The Morgan fingerprint density at radius 3 is 3.00 bits per heavy atom. The van der Waals surface area contributed by atoms with Gasteiger partial charge in [-0.3, -0.25) is 4.90 Å². The third-order valence-electron chi connectivity index (χ3n) is 3.92. The highest BCUT2D eigenvalue weighted by Crippen LogP contribution is 2.26. The van der Waals surface area contributed by atoms with Crippen LogP contribution in [-0.2, 0) is 4.74 Å². The Kier molecular flexibility index (Phi) is 4.53. The fraction of sp³-hybridized carbons (Fsp3) is 1.00. The summed E-state index contributed by atoms with van der Waals surface area (Å²) in [6.45, 7) is 8.19. The van der Waals surface area contributed by atoms with E-state index in [0.29, 0.717) is 17.2 Å². The summed E-state index contributed by atoms with van der Waals surface area (Å²) in [5, 5.41) is 10.6. The molecule has 4 unspecified atom stereocenters. The monoisotopic (exact) mass is 245 g/mol. The number of hydrogen-bond acceptors (Lipinski definition) is 4. The molecule has 0 aromatic heterocycles. The summed E-state index contributed by atoms with van der Waals surface area (Å²) in [4.78, 5) is 2.52. The maximum absolute atomic E-state index is 9.94. The van der Waals surface area contributed by atoms with Crippen LogP contribution in [0.25, 0.3) is 0 Å². The molecule has 0 amide bonds. The molecule has 0 aliphatic carbocycles. The number of nitrogens with zero attached hydrogens (tertiary/aromatic N) is 1. The van der Waals surface area contributed by atoms with Crippen molar-refractivity contribution in [1.82, 2.24) is 4.90 Å². The van der Waals surface area contributed by atoms with E-state index >= 15 is 0 Å². The Labute approximate surface area is 103 Å². The third-order valence-corrected chi connectivity index (χ3v) is 5.26. The maximum atomic E-state index is 9.94. The van der Waals surface area contributed by atoms with Crippen LogP contribution in [0.15, 0.2) is 0 Å². The lowest BCUT2D eigenvalue weighted by molar-refractivity contribution is -0.0496. The van der Waals surface area contributed by atoms with Crippen molar-refractivity contribution in [3.8, 4) is 0 Å². The molecule has 0 saturated carbocycles. The molecule has 0 aromatic carbocycles. The summed E-state index contributed by atoms with van der Waals surface area (Å²) >= 11 is 2.06. The molecule has 2 saturated heterocycles. The van der Waals surface area contributed by atoms with Crippen molar-refractivity contribution in [3.05, 3.63) is 0 Å². The zero-order valence-corrected chi connectivity index (χ0v) is 11.1. The number of aliphatic hydroxyl groups is 1. The first-order valence-electron chi connectivity index (χ1n) is 6.30. The molecule has 3 nitrogen and oxygen atoms in total. The van der Waals surface area contributed by atoms with E-state index in [4.69, 9.17) is 4.74 Å². The number of ether oxygens (including phenoxy) is 1. The van der Waals surface area contributed by atoms with Gasteiger partial charge in [0.1, 0.15) is 0 Å². The van der Waals surface area contributed by atoms with Gasteiger partial charge in [-0.15, -0.1) is 0 Å². The molecule has 0 radical (unpaired) electrons. The minimum absolute atomic E-state index is 0.161. The smallest absolute Gasteiger partial charge is 0.0624 e. The molecule has 1 N–H and O–H groups in total. The van der Waals surface area contributed by atoms with Crippen LogP contribution >= 0.6 is 11.8 Å². The lowest BCUT2D eigenvalue weighted by atomic mass is 9.97. The highest BCUT2D eigenvalue weighted by Gasteiger charge is 2.31. The predicted molar refractivity (Wildman–Crippen MR) is 67.9 cm³/mol. The SMILES string of the molecule is CC1SCCN(CC2COCCC2O)C1C. The maximum Gasteiger partial charge on any atom is 0.0624 e. The normalized spacial score (nSPS) is 42.2. The lowest BCUT2D eigenvalue weighted by Gasteiger charge is -2.41. The zero-order valence-electron chi connectivity index (χ0n) is 10.3. The van der Waals surface area contributed by atoms with Gasteiger partial charge in [0.25, 0.3) is 0 Å². The minimum atomic E-state index is -0.161. The number of thioether (sulfide) groups is 1.